The normalized spacial score (nSPS) is 11.0. The zero-order valence-corrected chi connectivity index (χ0v) is 11.5. The van der Waals surface area contributed by atoms with Gasteiger partial charge in [0.1, 0.15) is 17.8 Å². The van der Waals surface area contributed by atoms with Crippen molar-refractivity contribution < 1.29 is 4.39 Å². The van der Waals surface area contributed by atoms with Gasteiger partial charge in [0.2, 0.25) is 0 Å². The summed E-state index contributed by atoms with van der Waals surface area (Å²) >= 11 is 0. The van der Waals surface area contributed by atoms with Gasteiger partial charge in [-0.25, -0.2) is 14.4 Å². The minimum atomic E-state index is -0.253. The van der Waals surface area contributed by atoms with Crippen molar-refractivity contribution in [3.8, 4) is 22.5 Å². The SMILES string of the molecule is Fc1ccc(-c2cc3c(-c4ccncc4)ncnc3[nH]2)cc1. The Kier molecular flexibility index (Phi) is 2.89. The lowest BCUT2D eigenvalue weighted by molar-refractivity contribution is 0.628. The minimum absolute atomic E-state index is 0.253. The average molecular weight is 290 g/mol. The van der Waals surface area contributed by atoms with E-state index in [1.165, 1.54) is 18.5 Å². The number of hydrogen-bond donors (Lipinski definition) is 1. The van der Waals surface area contributed by atoms with E-state index in [2.05, 4.69) is 19.9 Å². The molecule has 0 saturated carbocycles. The van der Waals surface area contributed by atoms with Crippen LogP contribution in [0.4, 0.5) is 4.39 Å². The molecule has 0 spiro atoms. The second-order valence-corrected chi connectivity index (χ2v) is 4.91. The molecule has 4 rings (SSSR count). The van der Waals surface area contributed by atoms with Gasteiger partial charge in [0.05, 0.1) is 5.69 Å². The summed E-state index contributed by atoms with van der Waals surface area (Å²) in [6.45, 7) is 0. The Morgan fingerprint density at radius 1 is 0.864 bits per heavy atom. The molecule has 0 aliphatic rings. The van der Waals surface area contributed by atoms with E-state index in [1.807, 2.05) is 18.2 Å². The van der Waals surface area contributed by atoms with Crippen molar-refractivity contribution in [2.24, 2.45) is 0 Å². The van der Waals surface area contributed by atoms with Gasteiger partial charge >= 0.3 is 0 Å². The van der Waals surface area contributed by atoms with Gasteiger partial charge < -0.3 is 4.98 Å². The van der Waals surface area contributed by atoms with Crippen LogP contribution in [0.25, 0.3) is 33.5 Å². The Balaban J connectivity index is 1.89. The van der Waals surface area contributed by atoms with Crippen molar-refractivity contribution in [3.05, 3.63) is 67.0 Å². The molecule has 0 fully saturated rings. The number of benzene rings is 1. The molecular weight excluding hydrogens is 279 g/mol. The number of H-pyrrole nitrogens is 1. The quantitative estimate of drug-likeness (QED) is 0.610. The highest BCUT2D eigenvalue weighted by molar-refractivity contribution is 5.93. The van der Waals surface area contributed by atoms with Crippen LogP contribution in [-0.2, 0) is 0 Å². The topological polar surface area (TPSA) is 54.5 Å². The number of pyridine rings is 1. The molecule has 1 aromatic carbocycles. The van der Waals surface area contributed by atoms with E-state index in [0.29, 0.717) is 0 Å². The summed E-state index contributed by atoms with van der Waals surface area (Å²) in [6, 6.07) is 12.2. The predicted octanol–water partition coefficient (Wildman–Crippen LogP) is 3.83. The largest absolute Gasteiger partial charge is 0.339 e. The fraction of sp³-hybridized carbons (Fsp3) is 0. The van der Waals surface area contributed by atoms with Crippen LogP contribution in [0.15, 0.2) is 61.2 Å². The lowest BCUT2D eigenvalue weighted by Crippen LogP contribution is -1.87. The van der Waals surface area contributed by atoms with Gasteiger partial charge in [-0.2, -0.15) is 0 Å². The maximum atomic E-state index is 13.1. The second kappa shape index (κ2) is 5.04. The standard InChI is InChI=1S/C17H11FN4/c18-13-3-1-11(2-4-13)15-9-14-16(12-5-7-19-8-6-12)20-10-21-17(14)22-15/h1-10H,(H,20,21,22). The van der Waals surface area contributed by atoms with Crippen LogP contribution in [0.2, 0.25) is 0 Å². The van der Waals surface area contributed by atoms with Crippen molar-refractivity contribution in [2.75, 3.05) is 0 Å². The van der Waals surface area contributed by atoms with Gasteiger partial charge in [-0.3, -0.25) is 4.98 Å². The fourth-order valence-electron chi connectivity index (χ4n) is 2.46. The second-order valence-electron chi connectivity index (χ2n) is 4.91. The molecule has 0 bridgehead atoms. The summed E-state index contributed by atoms with van der Waals surface area (Å²) in [5, 5.41) is 0.924. The number of aromatic amines is 1. The molecule has 4 nitrogen and oxygen atoms in total. The Morgan fingerprint density at radius 3 is 2.41 bits per heavy atom. The van der Waals surface area contributed by atoms with Gasteiger partial charge in [0.15, 0.2) is 0 Å². The molecule has 3 aromatic heterocycles. The van der Waals surface area contributed by atoms with Gasteiger partial charge in [-0.15, -0.1) is 0 Å². The number of hydrogen-bond acceptors (Lipinski definition) is 3. The van der Waals surface area contributed by atoms with E-state index in [9.17, 15) is 4.39 Å². The molecule has 0 amide bonds. The first-order valence-corrected chi connectivity index (χ1v) is 6.81. The van der Waals surface area contributed by atoms with Crippen LogP contribution in [0.5, 0.6) is 0 Å². The number of halogens is 1. The maximum absolute atomic E-state index is 13.1. The van der Waals surface area contributed by atoms with Gasteiger partial charge in [-0.05, 0) is 48.0 Å². The van der Waals surface area contributed by atoms with Gasteiger partial charge in [-0.1, -0.05) is 0 Å². The maximum Gasteiger partial charge on any atom is 0.141 e. The van der Waals surface area contributed by atoms with E-state index in [1.54, 1.807) is 24.5 Å². The lowest BCUT2D eigenvalue weighted by atomic mass is 10.1. The molecule has 0 aliphatic heterocycles. The summed E-state index contributed by atoms with van der Waals surface area (Å²) in [5.74, 6) is -0.253. The third-order valence-corrected chi connectivity index (χ3v) is 3.53. The Bertz CT molecular complexity index is 930. The van der Waals surface area contributed by atoms with Crippen molar-refractivity contribution in [2.45, 2.75) is 0 Å². The lowest BCUT2D eigenvalue weighted by Gasteiger charge is -2.00. The first-order valence-electron chi connectivity index (χ1n) is 6.81. The predicted molar refractivity (Wildman–Crippen MR) is 82.5 cm³/mol. The van der Waals surface area contributed by atoms with E-state index in [0.717, 1.165) is 33.5 Å². The van der Waals surface area contributed by atoms with Gasteiger partial charge in [0, 0.05) is 29.0 Å². The van der Waals surface area contributed by atoms with Crippen molar-refractivity contribution >= 4 is 11.0 Å². The molecule has 0 saturated heterocycles. The first kappa shape index (κ1) is 12.6. The summed E-state index contributed by atoms with van der Waals surface area (Å²) in [4.78, 5) is 15.9. The number of nitrogens with one attached hydrogen (secondary N) is 1. The molecule has 0 unspecified atom stereocenters. The molecule has 1 N–H and O–H groups in total. The smallest absolute Gasteiger partial charge is 0.141 e. The molecule has 0 aliphatic carbocycles. The van der Waals surface area contributed by atoms with Crippen LogP contribution in [0.3, 0.4) is 0 Å². The minimum Gasteiger partial charge on any atom is -0.339 e. The Hall–Kier alpha value is -3.08. The fourth-order valence-corrected chi connectivity index (χ4v) is 2.46. The molecule has 0 radical (unpaired) electrons. The summed E-state index contributed by atoms with van der Waals surface area (Å²) in [6.07, 6.45) is 5.00. The highest BCUT2D eigenvalue weighted by atomic mass is 19.1. The average Bonchev–Trinajstić information content (AvgIpc) is 3.00. The van der Waals surface area contributed by atoms with Crippen LogP contribution in [0, 0.1) is 5.82 Å². The Labute approximate surface area is 125 Å². The monoisotopic (exact) mass is 290 g/mol. The molecule has 0 atom stereocenters. The molecule has 5 heteroatoms. The summed E-state index contributed by atoms with van der Waals surface area (Å²) in [5.41, 5.74) is 4.36. The third-order valence-electron chi connectivity index (χ3n) is 3.53. The number of rotatable bonds is 2. The van der Waals surface area contributed by atoms with Crippen molar-refractivity contribution in [1.82, 2.24) is 19.9 Å². The molecule has 4 aromatic rings. The molecule has 106 valence electrons. The van der Waals surface area contributed by atoms with E-state index in [4.69, 9.17) is 0 Å². The van der Waals surface area contributed by atoms with E-state index < -0.39 is 0 Å². The number of aromatic nitrogens is 4. The zero-order valence-electron chi connectivity index (χ0n) is 11.5. The first-order chi connectivity index (χ1) is 10.8. The third kappa shape index (κ3) is 2.13. The van der Waals surface area contributed by atoms with Crippen LogP contribution in [-0.4, -0.2) is 19.9 Å². The van der Waals surface area contributed by atoms with E-state index in [-0.39, 0.29) is 5.82 Å². The van der Waals surface area contributed by atoms with Crippen LogP contribution >= 0.6 is 0 Å². The molecule has 22 heavy (non-hydrogen) atoms. The number of fused-ring (bicyclic) bond motifs is 1. The van der Waals surface area contributed by atoms with Crippen molar-refractivity contribution in [1.29, 1.82) is 0 Å². The Morgan fingerprint density at radius 2 is 1.64 bits per heavy atom. The van der Waals surface area contributed by atoms with Gasteiger partial charge in [0.25, 0.3) is 0 Å². The molecular formula is C17H11FN4. The highest BCUT2D eigenvalue weighted by Crippen LogP contribution is 2.29. The van der Waals surface area contributed by atoms with Crippen LogP contribution in [0.1, 0.15) is 0 Å². The highest BCUT2D eigenvalue weighted by Gasteiger charge is 2.10. The molecule has 3 heterocycles. The van der Waals surface area contributed by atoms with Crippen LogP contribution < -0.4 is 0 Å². The summed E-state index contributed by atoms with van der Waals surface area (Å²) < 4.78 is 13.1. The van der Waals surface area contributed by atoms with E-state index >= 15 is 0 Å². The summed E-state index contributed by atoms with van der Waals surface area (Å²) in [7, 11) is 0. The number of nitrogens with zero attached hydrogens (tertiary/aromatic N) is 3. The van der Waals surface area contributed by atoms with Crippen molar-refractivity contribution in [3.63, 3.8) is 0 Å². The zero-order chi connectivity index (χ0) is 14.9.